The van der Waals surface area contributed by atoms with Gasteiger partial charge in [-0.3, -0.25) is 4.79 Å². The molecule has 0 radical (unpaired) electrons. The number of hydrogen-bond acceptors (Lipinski definition) is 5. The Kier molecular flexibility index (Phi) is 8.00. The Hall–Kier alpha value is -1.80. The van der Waals surface area contributed by atoms with Crippen molar-refractivity contribution in [2.24, 2.45) is 0 Å². The Labute approximate surface area is 148 Å². The number of aromatic nitrogens is 2. The molecule has 0 atom stereocenters. The molecule has 0 unspecified atom stereocenters. The highest BCUT2D eigenvalue weighted by atomic mass is 35.5. The standard InChI is InChI=1S/C13H12ClF2N3O2S.C2H6/c1-2-19(9-6-4-3-5-7-9)10(20)8-21-12-18-17-11(22-12)13(14,15)16;1-2/h3-7H,2,8H2,1H3;1-2H3. The third-order valence-electron chi connectivity index (χ3n) is 2.65. The molecule has 0 fully saturated rings. The van der Waals surface area contributed by atoms with Gasteiger partial charge in [-0.2, -0.15) is 8.78 Å². The Balaban J connectivity index is 0.00000139. The normalized spacial score (nSPS) is 10.6. The molecule has 0 spiro atoms. The lowest BCUT2D eigenvalue weighted by Gasteiger charge is -2.20. The predicted molar refractivity (Wildman–Crippen MR) is 91.0 cm³/mol. The van der Waals surface area contributed by atoms with E-state index in [0.29, 0.717) is 17.9 Å². The van der Waals surface area contributed by atoms with Crippen LogP contribution in [0.5, 0.6) is 5.19 Å². The van der Waals surface area contributed by atoms with Crippen LogP contribution in [0.25, 0.3) is 0 Å². The van der Waals surface area contributed by atoms with E-state index in [1.807, 2.05) is 39.0 Å². The van der Waals surface area contributed by atoms with Gasteiger partial charge in [-0.05, 0) is 30.7 Å². The van der Waals surface area contributed by atoms with Gasteiger partial charge in [0, 0.05) is 12.2 Å². The van der Waals surface area contributed by atoms with Crippen molar-refractivity contribution in [1.29, 1.82) is 0 Å². The van der Waals surface area contributed by atoms with E-state index in [2.05, 4.69) is 10.2 Å². The number of nitrogens with zero attached hydrogens (tertiary/aromatic N) is 3. The second-order valence-electron chi connectivity index (χ2n) is 4.13. The van der Waals surface area contributed by atoms with Crippen LogP contribution in [0.2, 0.25) is 0 Å². The Morgan fingerprint density at radius 1 is 1.29 bits per heavy atom. The summed E-state index contributed by atoms with van der Waals surface area (Å²) in [4.78, 5) is 13.6. The zero-order valence-electron chi connectivity index (χ0n) is 13.5. The lowest BCUT2D eigenvalue weighted by atomic mass is 10.3. The van der Waals surface area contributed by atoms with E-state index in [4.69, 9.17) is 16.3 Å². The molecule has 0 aliphatic carbocycles. The second kappa shape index (κ2) is 9.48. The smallest absolute Gasteiger partial charge is 0.376 e. The van der Waals surface area contributed by atoms with Crippen molar-refractivity contribution in [3.05, 3.63) is 35.3 Å². The SMILES string of the molecule is CC.CCN(C(=O)COc1nnc(C(F)(F)Cl)s1)c1ccccc1. The number of carbonyl (C=O) groups excluding carboxylic acids is 1. The first-order chi connectivity index (χ1) is 11.4. The van der Waals surface area contributed by atoms with Crippen molar-refractivity contribution in [2.75, 3.05) is 18.1 Å². The highest BCUT2D eigenvalue weighted by Gasteiger charge is 2.33. The quantitative estimate of drug-likeness (QED) is 0.705. The van der Waals surface area contributed by atoms with E-state index < -0.39 is 10.4 Å². The van der Waals surface area contributed by atoms with E-state index in [-0.39, 0.29) is 17.7 Å². The average molecular weight is 378 g/mol. The van der Waals surface area contributed by atoms with E-state index >= 15 is 0 Å². The van der Waals surface area contributed by atoms with Gasteiger partial charge in [-0.25, -0.2) is 0 Å². The minimum Gasteiger partial charge on any atom is -0.459 e. The summed E-state index contributed by atoms with van der Waals surface area (Å²) in [6.45, 7) is 5.94. The molecule has 132 valence electrons. The molecule has 0 N–H and O–H groups in total. The molecule has 24 heavy (non-hydrogen) atoms. The molecule has 0 aliphatic rings. The molecule has 1 heterocycles. The molecule has 0 saturated heterocycles. The highest BCUT2D eigenvalue weighted by Crippen LogP contribution is 2.36. The van der Waals surface area contributed by atoms with Crippen molar-refractivity contribution < 1.29 is 18.3 Å². The maximum Gasteiger partial charge on any atom is 0.376 e. The topological polar surface area (TPSA) is 55.3 Å². The summed E-state index contributed by atoms with van der Waals surface area (Å²) in [6, 6.07) is 9.04. The number of benzene rings is 1. The lowest BCUT2D eigenvalue weighted by molar-refractivity contribution is -0.120. The number of hydrogen-bond donors (Lipinski definition) is 0. The molecular formula is C15H18ClF2N3O2S. The third kappa shape index (κ3) is 5.68. The fourth-order valence-electron chi connectivity index (χ4n) is 1.69. The minimum atomic E-state index is -3.59. The predicted octanol–water partition coefficient (Wildman–Crippen LogP) is 4.28. The number of amides is 1. The molecule has 9 heteroatoms. The van der Waals surface area contributed by atoms with Crippen LogP contribution in [0.1, 0.15) is 25.8 Å². The van der Waals surface area contributed by atoms with Crippen molar-refractivity contribution in [1.82, 2.24) is 10.2 Å². The molecule has 2 aromatic rings. The number of alkyl halides is 3. The summed E-state index contributed by atoms with van der Waals surface area (Å²) in [5.41, 5.74) is 0.726. The van der Waals surface area contributed by atoms with Gasteiger partial charge in [0.25, 0.3) is 11.1 Å². The van der Waals surface area contributed by atoms with Gasteiger partial charge in [0.05, 0.1) is 0 Å². The Bertz CT molecular complexity index is 635. The number of rotatable bonds is 6. The fourth-order valence-corrected chi connectivity index (χ4v) is 2.41. The number of para-hydroxylation sites is 1. The van der Waals surface area contributed by atoms with E-state index in [9.17, 15) is 13.6 Å². The van der Waals surface area contributed by atoms with Gasteiger partial charge in [0.1, 0.15) is 0 Å². The molecule has 5 nitrogen and oxygen atoms in total. The number of likely N-dealkylation sites (N-methyl/N-ethyl adjacent to an activating group) is 1. The zero-order chi connectivity index (χ0) is 18.2. The summed E-state index contributed by atoms with van der Waals surface area (Å²) in [6.07, 6.45) is 0. The number of ether oxygens (including phenoxy) is 1. The monoisotopic (exact) mass is 377 g/mol. The minimum absolute atomic E-state index is 0.132. The molecular weight excluding hydrogens is 360 g/mol. The van der Waals surface area contributed by atoms with Crippen molar-refractivity contribution >= 4 is 34.5 Å². The molecule has 0 aliphatic heterocycles. The van der Waals surface area contributed by atoms with Crippen LogP contribution >= 0.6 is 22.9 Å². The molecule has 0 bridgehead atoms. The van der Waals surface area contributed by atoms with Crippen LogP contribution in [-0.2, 0) is 10.2 Å². The second-order valence-corrected chi connectivity index (χ2v) is 5.55. The van der Waals surface area contributed by atoms with Gasteiger partial charge in [-0.15, -0.1) is 5.10 Å². The maximum atomic E-state index is 12.8. The summed E-state index contributed by atoms with van der Waals surface area (Å²) in [5.74, 6) is -0.317. The molecule has 0 saturated carbocycles. The summed E-state index contributed by atoms with van der Waals surface area (Å²) < 4.78 is 30.7. The Morgan fingerprint density at radius 2 is 1.92 bits per heavy atom. The average Bonchev–Trinajstić information content (AvgIpc) is 3.06. The molecule has 1 aromatic heterocycles. The summed E-state index contributed by atoms with van der Waals surface area (Å²) in [7, 11) is 0. The maximum absolute atomic E-state index is 12.8. The number of halogens is 3. The van der Waals surface area contributed by atoms with E-state index in [1.165, 1.54) is 4.90 Å². The number of anilines is 1. The largest absolute Gasteiger partial charge is 0.459 e. The lowest BCUT2D eigenvalue weighted by Crippen LogP contribution is -2.34. The van der Waals surface area contributed by atoms with Gasteiger partial charge in [0.15, 0.2) is 6.61 Å². The van der Waals surface area contributed by atoms with Gasteiger partial charge in [-0.1, -0.05) is 48.5 Å². The van der Waals surface area contributed by atoms with Crippen LogP contribution in [-0.4, -0.2) is 29.3 Å². The van der Waals surface area contributed by atoms with Crippen LogP contribution in [0.4, 0.5) is 14.5 Å². The number of carbonyl (C=O) groups is 1. The Morgan fingerprint density at radius 3 is 2.42 bits per heavy atom. The van der Waals surface area contributed by atoms with Gasteiger partial charge < -0.3 is 9.64 Å². The van der Waals surface area contributed by atoms with Gasteiger partial charge >= 0.3 is 5.38 Å². The molecule has 1 amide bonds. The molecule has 1 aromatic carbocycles. The van der Waals surface area contributed by atoms with Crippen molar-refractivity contribution in [3.63, 3.8) is 0 Å². The van der Waals surface area contributed by atoms with Crippen LogP contribution in [0.15, 0.2) is 30.3 Å². The highest BCUT2D eigenvalue weighted by molar-refractivity contribution is 7.13. The van der Waals surface area contributed by atoms with E-state index in [0.717, 1.165) is 5.69 Å². The van der Waals surface area contributed by atoms with Crippen LogP contribution < -0.4 is 9.64 Å². The van der Waals surface area contributed by atoms with E-state index in [1.54, 1.807) is 12.1 Å². The third-order valence-corrected chi connectivity index (χ3v) is 3.85. The fraction of sp³-hybridized carbons (Fsp3) is 0.400. The first-order valence-corrected chi connectivity index (χ1v) is 8.50. The van der Waals surface area contributed by atoms with Crippen LogP contribution in [0.3, 0.4) is 0 Å². The van der Waals surface area contributed by atoms with Gasteiger partial charge in [0.2, 0.25) is 5.01 Å². The molecule has 2 rings (SSSR count). The van der Waals surface area contributed by atoms with Crippen molar-refractivity contribution in [3.8, 4) is 5.19 Å². The first kappa shape index (κ1) is 20.2. The summed E-state index contributed by atoms with van der Waals surface area (Å²) in [5, 5.41) is 2.25. The van der Waals surface area contributed by atoms with Crippen molar-refractivity contribution in [2.45, 2.75) is 26.2 Å². The van der Waals surface area contributed by atoms with Crippen LogP contribution in [0, 0.1) is 0 Å². The zero-order valence-corrected chi connectivity index (χ0v) is 15.1. The first-order valence-electron chi connectivity index (χ1n) is 7.30. The summed E-state index contributed by atoms with van der Waals surface area (Å²) >= 11 is 5.33.